The molecular weight excluding hydrogens is 599 g/mol. The summed E-state index contributed by atoms with van der Waals surface area (Å²) in [6, 6.07) is 2.12. The van der Waals surface area contributed by atoms with E-state index >= 15 is 0 Å². The average molecular weight is 636 g/mol. The fourth-order valence-corrected chi connectivity index (χ4v) is 7.48. The van der Waals surface area contributed by atoms with E-state index in [-0.39, 0.29) is 50.6 Å². The number of halogens is 4. The number of ether oxygens (including phenoxy) is 1. The lowest BCUT2D eigenvalue weighted by Crippen LogP contribution is -2.59. The molecule has 0 saturated carbocycles. The van der Waals surface area contributed by atoms with Crippen LogP contribution in [0.15, 0.2) is 24.5 Å². The quantitative estimate of drug-likeness (QED) is 0.422. The van der Waals surface area contributed by atoms with Gasteiger partial charge in [-0.25, -0.2) is 13.2 Å². The Morgan fingerprint density at radius 3 is 2.82 bits per heavy atom. The van der Waals surface area contributed by atoms with Crippen molar-refractivity contribution in [2.24, 2.45) is 5.73 Å². The molecule has 4 heterocycles. The van der Waals surface area contributed by atoms with E-state index in [9.17, 15) is 23.1 Å². The highest BCUT2D eigenvalue weighted by Gasteiger charge is 2.49. The Bertz CT molecular complexity index is 1470. The molecule has 1 aromatic heterocycles. The van der Waals surface area contributed by atoms with Gasteiger partial charge in [-0.05, 0) is 56.0 Å². The average Bonchev–Trinajstić information content (AvgIpc) is 3.32. The van der Waals surface area contributed by atoms with Gasteiger partial charge in [-0.15, -0.1) is 0 Å². The molecule has 0 radical (unpaired) electrons. The number of amides is 1. The number of anilines is 2. The van der Waals surface area contributed by atoms with Crippen molar-refractivity contribution < 1.29 is 27.8 Å². The number of likely N-dealkylation sites (tertiary alicyclic amines) is 1. The minimum Gasteiger partial charge on any atom is -0.462 e. The summed E-state index contributed by atoms with van der Waals surface area (Å²) in [6.45, 7) is 4.67. The van der Waals surface area contributed by atoms with E-state index in [0.29, 0.717) is 66.6 Å². The number of carbonyl (C=O) groups is 1. The maximum Gasteiger partial charge on any atom is 0.318 e. The smallest absolute Gasteiger partial charge is 0.318 e. The number of nitrogens with one attached hydrogen (secondary N) is 1. The second-order valence-corrected chi connectivity index (χ2v) is 12.7. The van der Waals surface area contributed by atoms with Crippen LogP contribution in [0.4, 0.5) is 24.7 Å². The summed E-state index contributed by atoms with van der Waals surface area (Å²) >= 11 is 6.44. The highest BCUT2D eigenvalue weighted by Crippen LogP contribution is 2.48. The molecule has 44 heavy (non-hydrogen) atoms. The predicted molar refractivity (Wildman–Crippen MR) is 160 cm³/mol. The largest absolute Gasteiger partial charge is 0.462 e. The van der Waals surface area contributed by atoms with Gasteiger partial charge >= 0.3 is 6.01 Å². The topological polar surface area (TPSA) is 120 Å². The van der Waals surface area contributed by atoms with Crippen LogP contribution < -0.4 is 20.7 Å². The second kappa shape index (κ2) is 12.1. The van der Waals surface area contributed by atoms with Crippen molar-refractivity contribution in [1.29, 1.82) is 0 Å². The molecule has 4 aliphatic rings. The Labute approximate surface area is 259 Å². The van der Waals surface area contributed by atoms with Crippen molar-refractivity contribution in [1.82, 2.24) is 19.8 Å². The third-order valence-electron chi connectivity index (χ3n) is 9.53. The number of carbonyl (C=O) groups excluding carboxylic acids is 1. The van der Waals surface area contributed by atoms with Gasteiger partial charge in [0, 0.05) is 56.3 Å². The van der Waals surface area contributed by atoms with Gasteiger partial charge in [-0.1, -0.05) is 18.2 Å². The fourth-order valence-electron chi connectivity index (χ4n) is 7.18. The van der Waals surface area contributed by atoms with Gasteiger partial charge in [-0.3, -0.25) is 14.6 Å². The lowest BCUT2D eigenvalue weighted by Gasteiger charge is -2.45. The number of benzene rings is 1. The number of piperazine rings is 1. The number of hydrogen-bond donors (Lipinski definition) is 3. The number of rotatable bonds is 7. The fraction of sp³-hybridized carbons (Fsp3) is 0.567. The van der Waals surface area contributed by atoms with Crippen molar-refractivity contribution >= 4 is 29.0 Å². The Morgan fingerprint density at radius 1 is 1.32 bits per heavy atom. The van der Waals surface area contributed by atoms with E-state index in [1.54, 1.807) is 0 Å². The first-order chi connectivity index (χ1) is 21.0. The molecule has 0 bridgehead atoms. The normalized spacial score (nSPS) is 28.0. The lowest BCUT2D eigenvalue weighted by atomic mass is 9.65. The van der Waals surface area contributed by atoms with Crippen molar-refractivity contribution in [2.45, 2.75) is 62.0 Å². The first-order valence-electron chi connectivity index (χ1n) is 14.9. The Balaban J connectivity index is 1.38. The number of hydrogen-bond acceptors (Lipinski definition) is 9. The van der Waals surface area contributed by atoms with Gasteiger partial charge < -0.3 is 25.8 Å². The van der Waals surface area contributed by atoms with Crippen LogP contribution in [-0.4, -0.2) is 102 Å². The molecule has 2 saturated heterocycles. The van der Waals surface area contributed by atoms with Gasteiger partial charge in [0.05, 0.1) is 11.1 Å². The molecule has 10 nitrogen and oxygen atoms in total. The Kier molecular flexibility index (Phi) is 8.52. The Morgan fingerprint density at radius 2 is 2.11 bits per heavy atom. The summed E-state index contributed by atoms with van der Waals surface area (Å²) in [5, 5.41) is 13.7. The van der Waals surface area contributed by atoms with E-state index in [1.807, 2.05) is 16.8 Å². The number of likely N-dealkylation sites (N-methyl/N-ethyl adjacent to an activating group) is 1. The molecular formula is C30H37ClF3N7O3. The standard InChI is InChI=1S/C30H37ClF3N7O3/c1-16(32)27(42)41-7-6-40(14-20(41)12-35)26-25-24(36-29(38-26)44-15-19-8-18(34)13-39(19)2)11-30(28(43)37-25)5-3-4-21-22(30)9-17(33)10-23(21)31/h9-10,18-20,27,42H,1,3-8,11-15,35H2,2H3,(H,37,43)/t18-,19+,20+,27?,30?/m1/s1. The van der Waals surface area contributed by atoms with Crippen LogP contribution in [0.2, 0.25) is 5.02 Å². The summed E-state index contributed by atoms with van der Waals surface area (Å²) in [4.78, 5) is 28.8. The number of nitrogens with zero attached hydrogens (tertiary/aromatic N) is 5. The maximum absolute atomic E-state index is 14.6. The molecule has 6 rings (SSSR count). The maximum atomic E-state index is 14.6. The molecule has 238 valence electrons. The minimum absolute atomic E-state index is 0.0676. The highest BCUT2D eigenvalue weighted by molar-refractivity contribution is 6.31. The Hall–Kier alpha value is -2.97. The SMILES string of the molecule is C=C(F)C(O)N1CCN(c2nc(OC[C@@H]3C[C@@H](F)CN3C)nc3c2NC(=O)C2(CCCc4c(Cl)cc(F)cc42)C3)C[C@@H]1CN. The van der Waals surface area contributed by atoms with Crippen LogP contribution in [0, 0.1) is 5.82 Å². The lowest BCUT2D eigenvalue weighted by molar-refractivity contribution is -0.122. The summed E-state index contributed by atoms with van der Waals surface area (Å²) in [5.41, 5.74) is 7.17. The highest BCUT2D eigenvalue weighted by atomic mass is 35.5. The molecule has 2 fully saturated rings. The van der Waals surface area contributed by atoms with Gasteiger partial charge in [0.1, 0.15) is 30.1 Å². The molecule has 4 N–H and O–H groups in total. The first-order valence-corrected chi connectivity index (χ1v) is 15.3. The van der Waals surface area contributed by atoms with Crippen LogP contribution in [0.3, 0.4) is 0 Å². The third kappa shape index (κ3) is 5.53. The molecule has 1 aliphatic carbocycles. The number of aromatic nitrogens is 2. The van der Waals surface area contributed by atoms with E-state index in [0.717, 1.165) is 5.56 Å². The zero-order valence-corrected chi connectivity index (χ0v) is 25.3. The summed E-state index contributed by atoms with van der Waals surface area (Å²) < 4.78 is 48.6. The molecule has 3 aliphatic heterocycles. The van der Waals surface area contributed by atoms with Crippen molar-refractivity contribution in [3.05, 3.63) is 52.2 Å². The third-order valence-corrected chi connectivity index (χ3v) is 9.87. The van der Waals surface area contributed by atoms with E-state index in [4.69, 9.17) is 32.0 Å². The van der Waals surface area contributed by atoms with Crippen LogP contribution >= 0.6 is 11.6 Å². The van der Waals surface area contributed by atoms with Crippen LogP contribution in [-0.2, 0) is 23.1 Å². The number of fused-ring (bicyclic) bond motifs is 3. The van der Waals surface area contributed by atoms with Crippen LogP contribution in [0.5, 0.6) is 6.01 Å². The van der Waals surface area contributed by atoms with Crippen molar-refractivity contribution in [2.75, 3.05) is 56.6 Å². The van der Waals surface area contributed by atoms with Crippen LogP contribution in [0.1, 0.15) is 36.1 Å². The first kappa shape index (κ1) is 31.0. The van der Waals surface area contributed by atoms with Gasteiger partial charge in [0.25, 0.3) is 0 Å². The number of aliphatic hydroxyl groups is 1. The minimum atomic E-state index is -1.50. The zero-order valence-electron chi connectivity index (χ0n) is 24.5. The summed E-state index contributed by atoms with van der Waals surface area (Å²) in [5.74, 6) is -1.29. The monoisotopic (exact) mass is 635 g/mol. The van der Waals surface area contributed by atoms with Crippen LogP contribution in [0.25, 0.3) is 0 Å². The number of alkyl halides is 1. The van der Waals surface area contributed by atoms with Crippen molar-refractivity contribution in [3.8, 4) is 6.01 Å². The van der Waals surface area contributed by atoms with Crippen molar-refractivity contribution in [3.63, 3.8) is 0 Å². The molecule has 1 spiro atoms. The summed E-state index contributed by atoms with van der Waals surface area (Å²) in [7, 11) is 1.84. The van der Waals surface area contributed by atoms with Gasteiger partial charge in [0.15, 0.2) is 12.0 Å². The van der Waals surface area contributed by atoms with Gasteiger partial charge in [0.2, 0.25) is 5.91 Å². The molecule has 5 atom stereocenters. The number of nitrogens with two attached hydrogens (primary N) is 1. The predicted octanol–water partition coefficient (Wildman–Crippen LogP) is 2.71. The van der Waals surface area contributed by atoms with E-state index < -0.39 is 35.5 Å². The molecule has 2 unspecified atom stereocenters. The summed E-state index contributed by atoms with van der Waals surface area (Å²) in [6.07, 6.45) is -0.144. The van der Waals surface area contributed by atoms with E-state index in [1.165, 1.54) is 17.0 Å². The zero-order chi connectivity index (χ0) is 31.3. The van der Waals surface area contributed by atoms with Gasteiger partial charge in [-0.2, -0.15) is 9.97 Å². The number of aliphatic hydroxyl groups excluding tert-OH is 1. The molecule has 1 aromatic carbocycles. The molecule has 2 aromatic rings. The molecule has 1 amide bonds. The molecule has 14 heteroatoms. The van der Waals surface area contributed by atoms with E-state index in [2.05, 4.69) is 11.9 Å². The second-order valence-electron chi connectivity index (χ2n) is 12.3.